The van der Waals surface area contributed by atoms with Crippen molar-refractivity contribution >= 4 is 16.0 Å². The minimum absolute atomic E-state index is 0.195. The number of hydrogen-bond donors (Lipinski definition) is 2. The van der Waals surface area contributed by atoms with E-state index in [1.807, 2.05) is 6.92 Å². The van der Waals surface area contributed by atoms with Gasteiger partial charge >= 0.3 is 5.97 Å². The van der Waals surface area contributed by atoms with Gasteiger partial charge in [0.25, 0.3) is 0 Å². The van der Waals surface area contributed by atoms with Crippen LogP contribution in [-0.4, -0.2) is 25.0 Å². The average Bonchev–Trinajstić information content (AvgIpc) is 3.18. The number of nitrogens with one attached hydrogen (secondary N) is 1. The molecule has 2 saturated carbocycles. The van der Waals surface area contributed by atoms with E-state index in [0.717, 1.165) is 19.3 Å². The Balaban J connectivity index is 1.82. The fourth-order valence-corrected chi connectivity index (χ4v) is 4.36. The summed E-state index contributed by atoms with van der Waals surface area (Å²) >= 11 is 0. The molecule has 2 aliphatic carbocycles. The van der Waals surface area contributed by atoms with Crippen molar-refractivity contribution in [1.82, 2.24) is 4.72 Å². The molecular weight excluding hydrogens is 290 g/mol. The molecule has 0 bridgehead atoms. The molecule has 1 aromatic rings. The second-order valence-corrected chi connectivity index (χ2v) is 8.11. The van der Waals surface area contributed by atoms with Crippen molar-refractivity contribution in [2.45, 2.75) is 54.9 Å². The fraction of sp³-hybridized carbons (Fsp3) is 0.533. The molecule has 0 amide bonds. The molecule has 0 heterocycles. The third kappa shape index (κ3) is 2.46. The van der Waals surface area contributed by atoms with Gasteiger partial charge in [-0.15, -0.1) is 0 Å². The Morgan fingerprint density at radius 2 is 1.71 bits per heavy atom. The van der Waals surface area contributed by atoms with Crippen LogP contribution in [0, 0.1) is 0 Å². The van der Waals surface area contributed by atoms with Gasteiger partial charge < -0.3 is 5.11 Å². The average molecular weight is 309 g/mol. The normalized spacial score (nSPS) is 22.3. The van der Waals surface area contributed by atoms with Crippen LogP contribution in [0.1, 0.15) is 44.6 Å². The van der Waals surface area contributed by atoms with Crippen LogP contribution in [0.2, 0.25) is 0 Å². The molecule has 2 aliphatic rings. The fourth-order valence-electron chi connectivity index (χ4n) is 2.90. The lowest BCUT2D eigenvalue weighted by Gasteiger charge is -2.38. The van der Waals surface area contributed by atoms with Gasteiger partial charge in [0.2, 0.25) is 10.0 Å². The molecule has 0 saturated heterocycles. The van der Waals surface area contributed by atoms with Crippen LogP contribution in [-0.2, 0) is 20.2 Å². The van der Waals surface area contributed by atoms with Crippen molar-refractivity contribution in [2.75, 3.05) is 0 Å². The van der Waals surface area contributed by atoms with Gasteiger partial charge in [0.15, 0.2) is 0 Å². The Labute approximate surface area is 124 Å². The van der Waals surface area contributed by atoms with Crippen molar-refractivity contribution in [2.24, 2.45) is 0 Å². The molecule has 0 atom stereocenters. The van der Waals surface area contributed by atoms with E-state index in [1.54, 1.807) is 12.1 Å². The van der Waals surface area contributed by atoms with Gasteiger partial charge in [-0.1, -0.05) is 12.1 Å². The van der Waals surface area contributed by atoms with Crippen LogP contribution >= 0.6 is 0 Å². The second-order valence-electron chi connectivity index (χ2n) is 6.43. The smallest absolute Gasteiger partial charge is 0.314 e. The third-order valence-corrected chi connectivity index (χ3v) is 6.37. The van der Waals surface area contributed by atoms with Gasteiger partial charge in [0, 0.05) is 5.54 Å². The Hall–Kier alpha value is -1.40. The standard InChI is InChI=1S/C15H19NO4S/c1-14(7-2-8-14)16-21(19,20)12-5-3-11(4-6-12)15(9-10-15)13(17)18/h3-6,16H,2,7-10H2,1H3,(H,17,18). The lowest BCUT2D eigenvalue weighted by molar-refractivity contribution is -0.140. The molecule has 2 fully saturated rings. The first-order valence-electron chi connectivity index (χ1n) is 7.15. The van der Waals surface area contributed by atoms with E-state index >= 15 is 0 Å². The van der Waals surface area contributed by atoms with E-state index in [9.17, 15) is 18.3 Å². The number of hydrogen-bond acceptors (Lipinski definition) is 3. The topological polar surface area (TPSA) is 83.5 Å². The molecule has 0 aliphatic heterocycles. The van der Waals surface area contributed by atoms with Crippen LogP contribution in [0.3, 0.4) is 0 Å². The molecule has 114 valence electrons. The molecule has 6 heteroatoms. The van der Waals surface area contributed by atoms with Gasteiger partial charge in [-0.05, 0) is 56.7 Å². The highest BCUT2D eigenvalue weighted by molar-refractivity contribution is 7.89. The van der Waals surface area contributed by atoms with E-state index < -0.39 is 21.4 Å². The van der Waals surface area contributed by atoms with Gasteiger partial charge in [-0.2, -0.15) is 0 Å². The summed E-state index contributed by atoms with van der Waals surface area (Å²) in [5.74, 6) is -0.835. The van der Waals surface area contributed by atoms with Crippen molar-refractivity contribution in [3.8, 4) is 0 Å². The number of carbonyl (C=O) groups is 1. The summed E-state index contributed by atoms with van der Waals surface area (Å²) in [5, 5.41) is 9.25. The second kappa shape index (κ2) is 4.55. The Morgan fingerprint density at radius 1 is 1.14 bits per heavy atom. The summed E-state index contributed by atoms with van der Waals surface area (Å²) < 4.78 is 27.4. The molecule has 5 nitrogen and oxygen atoms in total. The van der Waals surface area contributed by atoms with Crippen LogP contribution in [0.15, 0.2) is 29.2 Å². The zero-order valence-corrected chi connectivity index (χ0v) is 12.7. The van der Waals surface area contributed by atoms with Crippen LogP contribution in [0.5, 0.6) is 0 Å². The number of carboxylic acid groups (broad SMARTS) is 1. The van der Waals surface area contributed by atoms with Crippen molar-refractivity contribution < 1.29 is 18.3 Å². The van der Waals surface area contributed by atoms with Gasteiger partial charge in [-0.3, -0.25) is 4.79 Å². The minimum atomic E-state index is -3.54. The number of carboxylic acids is 1. The molecule has 0 aromatic heterocycles. The van der Waals surface area contributed by atoms with Crippen LogP contribution in [0.4, 0.5) is 0 Å². The molecular formula is C15H19NO4S. The van der Waals surface area contributed by atoms with E-state index in [1.165, 1.54) is 12.1 Å². The first-order chi connectivity index (χ1) is 9.78. The summed E-state index contributed by atoms with van der Waals surface area (Å²) in [6.07, 6.45) is 3.98. The number of aliphatic carboxylic acids is 1. The van der Waals surface area contributed by atoms with Crippen molar-refractivity contribution in [3.63, 3.8) is 0 Å². The van der Waals surface area contributed by atoms with E-state index in [2.05, 4.69) is 4.72 Å². The highest BCUT2D eigenvalue weighted by Gasteiger charge is 2.51. The maximum absolute atomic E-state index is 12.3. The number of sulfonamides is 1. The van der Waals surface area contributed by atoms with Crippen molar-refractivity contribution in [3.05, 3.63) is 29.8 Å². The van der Waals surface area contributed by atoms with Gasteiger partial charge in [0.1, 0.15) is 0 Å². The van der Waals surface area contributed by atoms with E-state index in [0.29, 0.717) is 18.4 Å². The lowest BCUT2D eigenvalue weighted by atomic mass is 9.80. The van der Waals surface area contributed by atoms with Crippen molar-refractivity contribution in [1.29, 1.82) is 0 Å². The predicted octanol–water partition coefficient (Wildman–Crippen LogP) is 2.02. The molecule has 1 aromatic carbocycles. The van der Waals surface area contributed by atoms with Crippen LogP contribution in [0.25, 0.3) is 0 Å². The zero-order chi connectivity index (χ0) is 15.3. The SMILES string of the molecule is CC1(NS(=O)(=O)c2ccc(C3(C(=O)O)CC3)cc2)CCC1. The first kappa shape index (κ1) is 14.5. The van der Waals surface area contributed by atoms with Crippen LogP contribution < -0.4 is 4.72 Å². The highest BCUT2D eigenvalue weighted by atomic mass is 32.2. The van der Waals surface area contributed by atoms with E-state index in [-0.39, 0.29) is 10.4 Å². The maximum atomic E-state index is 12.3. The molecule has 0 spiro atoms. The summed E-state index contributed by atoms with van der Waals surface area (Å²) in [6.45, 7) is 1.91. The highest BCUT2D eigenvalue weighted by Crippen LogP contribution is 2.48. The quantitative estimate of drug-likeness (QED) is 0.871. The monoisotopic (exact) mass is 309 g/mol. The third-order valence-electron chi connectivity index (χ3n) is 4.71. The summed E-state index contributed by atoms with van der Waals surface area (Å²) in [5.41, 5.74) is -0.449. The predicted molar refractivity (Wildman–Crippen MR) is 77.6 cm³/mol. The van der Waals surface area contributed by atoms with E-state index in [4.69, 9.17) is 0 Å². The number of rotatable bonds is 5. The molecule has 21 heavy (non-hydrogen) atoms. The zero-order valence-electron chi connectivity index (χ0n) is 11.9. The number of benzene rings is 1. The Bertz CT molecular complexity index is 670. The van der Waals surface area contributed by atoms with Gasteiger partial charge in [0.05, 0.1) is 10.3 Å². The Kier molecular flexibility index (Phi) is 3.15. The maximum Gasteiger partial charge on any atom is 0.314 e. The summed E-state index contributed by atoms with van der Waals surface area (Å²) in [7, 11) is -3.54. The Morgan fingerprint density at radius 3 is 2.10 bits per heavy atom. The summed E-state index contributed by atoms with van der Waals surface area (Å²) in [4.78, 5) is 11.5. The largest absolute Gasteiger partial charge is 0.481 e. The molecule has 0 radical (unpaired) electrons. The summed E-state index contributed by atoms with van der Waals surface area (Å²) in [6, 6.07) is 6.25. The van der Waals surface area contributed by atoms with Gasteiger partial charge in [-0.25, -0.2) is 13.1 Å². The molecule has 0 unspecified atom stereocenters. The lowest BCUT2D eigenvalue weighted by Crippen LogP contribution is -2.50. The minimum Gasteiger partial charge on any atom is -0.481 e. The first-order valence-corrected chi connectivity index (χ1v) is 8.64. The molecule has 2 N–H and O–H groups in total. The molecule has 3 rings (SSSR count).